The van der Waals surface area contributed by atoms with Crippen molar-refractivity contribution >= 4 is 17.5 Å². The van der Waals surface area contributed by atoms with Gasteiger partial charge in [-0.05, 0) is 61.6 Å². The number of nitrogens with zero attached hydrogens (tertiary/aromatic N) is 2. The Bertz CT molecular complexity index is 989. The Morgan fingerprint density at radius 1 is 1.26 bits per heavy atom. The van der Waals surface area contributed by atoms with Crippen LogP contribution in [0.4, 0.5) is 4.39 Å². The van der Waals surface area contributed by atoms with Gasteiger partial charge in [-0.3, -0.25) is 4.79 Å². The van der Waals surface area contributed by atoms with Crippen LogP contribution in [0.5, 0.6) is 0 Å². The molecule has 3 rings (SSSR count). The molecule has 1 amide bonds. The van der Waals surface area contributed by atoms with Crippen molar-refractivity contribution in [2.75, 3.05) is 6.54 Å². The minimum absolute atomic E-state index is 0.0950. The molecule has 1 atom stereocenters. The van der Waals surface area contributed by atoms with Gasteiger partial charge in [0.05, 0.1) is 28.8 Å². The first kappa shape index (κ1) is 30.8. The summed E-state index contributed by atoms with van der Waals surface area (Å²) in [6.07, 6.45) is 3.98. The van der Waals surface area contributed by atoms with Crippen LogP contribution in [0.1, 0.15) is 57.2 Å². The van der Waals surface area contributed by atoms with Gasteiger partial charge in [0.15, 0.2) is 0 Å². The van der Waals surface area contributed by atoms with E-state index < -0.39 is 11.9 Å². The van der Waals surface area contributed by atoms with E-state index >= 15 is 0 Å². The van der Waals surface area contributed by atoms with Gasteiger partial charge in [0.1, 0.15) is 5.82 Å². The number of hydrogen-bond acceptors (Lipinski definition) is 4. The Morgan fingerprint density at radius 2 is 1.79 bits per heavy atom. The fourth-order valence-corrected chi connectivity index (χ4v) is 3.17. The van der Waals surface area contributed by atoms with Gasteiger partial charge in [0.25, 0.3) is 0 Å². The molecule has 0 aliphatic heterocycles. The van der Waals surface area contributed by atoms with Crippen molar-refractivity contribution in [2.24, 2.45) is 5.73 Å². The van der Waals surface area contributed by atoms with Gasteiger partial charge in [-0.2, -0.15) is 10.5 Å². The highest BCUT2D eigenvalue weighted by Gasteiger charge is 2.44. The molecule has 1 aliphatic rings. The molecule has 182 valence electrons. The molecule has 0 radical (unpaired) electrons. The predicted octanol–water partition coefficient (Wildman–Crippen LogP) is 5.82. The summed E-state index contributed by atoms with van der Waals surface area (Å²) in [5.74, 6) is -0.673. The van der Waals surface area contributed by atoms with Crippen molar-refractivity contribution in [1.29, 1.82) is 10.5 Å². The second-order valence-corrected chi connectivity index (χ2v) is 7.79. The molecule has 2 aromatic rings. The summed E-state index contributed by atoms with van der Waals surface area (Å²) >= 11 is 5.87. The highest BCUT2D eigenvalue weighted by atomic mass is 35.5. The number of halogens is 2. The zero-order valence-corrected chi connectivity index (χ0v) is 21.1. The van der Waals surface area contributed by atoms with Crippen LogP contribution >= 0.6 is 11.6 Å². The monoisotopic (exact) mass is 484 g/mol. The normalized spacial score (nSPS) is 12.9. The minimum Gasteiger partial charge on any atom is -0.354 e. The molecule has 1 unspecified atom stereocenters. The smallest absolute Gasteiger partial charge is 0.237 e. The van der Waals surface area contributed by atoms with Crippen molar-refractivity contribution < 1.29 is 9.18 Å². The van der Waals surface area contributed by atoms with E-state index in [1.54, 1.807) is 48.5 Å². The van der Waals surface area contributed by atoms with Crippen molar-refractivity contribution in [3.8, 4) is 12.1 Å². The summed E-state index contributed by atoms with van der Waals surface area (Å²) in [5, 5.41) is 19.1. The second-order valence-electron chi connectivity index (χ2n) is 7.38. The SMILES string of the molecule is C=CC.CC.CC#N.N#Cc1ccc(CC(N)C(=O)NCC2(c3ccc(F)c(Cl)c3)CC2)cc1. The average Bonchev–Trinajstić information content (AvgIpc) is 3.63. The summed E-state index contributed by atoms with van der Waals surface area (Å²) in [6, 6.07) is 14.9. The third-order valence-electron chi connectivity index (χ3n) is 4.86. The van der Waals surface area contributed by atoms with Gasteiger partial charge >= 0.3 is 0 Å². The van der Waals surface area contributed by atoms with Crippen LogP contribution in [0.2, 0.25) is 5.02 Å². The van der Waals surface area contributed by atoms with E-state index in [4.69, 9.17) is 27.9 Å². The van der Waals surface area contributed by atoms with Gasteiger partial charge in [0, 0.05) is 18.9 Å². The quantitative estimate of drug-likeness (QED) is 0.504. The molecule has 7 heteroatoms. The number of hydrogen-bond donors (Lipinski definition) is 2. The van der Waals surface area contributed by atoms with Crippen LogP contribution in [0, 0.1) is 28.5 Å². The van der Waals surface area contributed by atoms with Crippen molar-refractivity contribution in [3.05, 3.63) is 82.6 Å². The lowest BCUT2D eigenvalue weighted by Crippen LogP contribution is -2.44. The molecule has 0 spiro atoms. The van der Waals surface area contributed by atoms with Crippen LogP contribution in [0.3, 0.4) is 0 Å². The molecular formula is C27H34ClFN4O. The molecule has 2 aromatic carbocycles. The number of carbonyl (C=O) groups is 1. The highest BCUT2D eigenvalue weighted by Crippen LogP contribution is 2.48. The topological polar surface area (TPSA) is 103 Å². The average molecular weight is 485 g/mol. The van der Waals surface area contributed by atoms with E-state index in [1.807, 2.05) is 20.8 Å². The number of rotatable bonds is 6. The molecule has 1 aliphatic carbocycles. The maximum absolute atomic E-state index is 13.3. The molecule has 0 bridgehead atoms. The molecule has 0 aromatic heterocycles. The van der Waals surface area contributed by atoms with E-state index in [0.717, 1.165) is 24.0 Å². The van der Waals surface area contributed by atoms with E-state index in [-0.39, 0.29) is 16.3 Å². The molecule has 0 saturated heterocycles. The summed E-state index contributed by atoms with van der Waals surface area (Å²) in [6.45, 7) is 11.1. The van der Waals surface area contributed by atoms with Crippen LogP contribution in [0.25, 0.3) is 0 Å². The molecular weight excluding hydrogens is 451 g/mol. The fourth-order valence-electron chi connectivity index (χ4n) is 2.99. The van der Waals surface area contributed by atoms with Crippen molar-refractivity contribution in [3.63, 3.8) is 0 Å². The Hall–Kier alpha value is -3.19. The summed E-state index contributed by atoms with van der Waals surface area (Å²) < 4.78 is 13.3. The van der Waals surface area contributed by atoms with Crippen LogP contribution in [-0.2, 0) is 16.6 Å². The first-order valence-corrected chi connectivity index (χ1v) is 11.5. The zero-order chi connectivity index (χ0) is 26.1. The van der Waals surface area contributed by atoms with E-state index in [9.17, 15) is 9.18 Å². The fraction of sp³-hybridized carbons (Fsp3) is 0.370. The van der Waals surface area contributed by atoms with Gasteiger partial charge in [0.2, 0.25) is 5.91 Å². The standard InChI is InChI=1S/C20H19ClFN3O.C3H6.C2H3N.C2H6/c21-16-10-15(5-6-17(16)22)20(7-8-20)12-25-19(26)18(24)9-13-1-3-14(11-23)4-2-13;1-3-2;1-2-3;1-2/h1-6,10,18H,7-9,12,24H2,(H,25,26);3H,1H2,2H3;1H3;1-2H3. The molecule has 1 fully saturated rings. The summed E-state index contributed by atoms with van der Waals surface area (Å²) in [5.41, 5.74) is 8.23. The maximum atomic E-state index is 13.3. The number of nitrogens with one attached hydrogen (secondary N) is 1. The number of allylic oxidation sites excluding steroid dienone is 1. The number of amides is 1. The Labute approximate surface area is 208 Å². The minimum atomic E-state index is -0.671. The number of nitriles is 2. The second kappa shape index (κ2) is 16.4. The lowest BCUT2D eigenvalue weighted by molar-refractivity contribution is -0.122. The summed E-state index contributed by atoms with van der Waals surface area (Å²) in [4.78, 5) is 12.3. The third-order valence-corrected chi connectivity index (χ3v) is 5.15. The van der Waals surface area contributed by atoms with E-state index in [0.29, 0.717) is 18.5 Å². The third kappa shape index (κ3) is 10.2. The van der Waals surface area contributed by atoms with E-state index in [1.165, 1.54) is 13.0 Å². The largest absolute Gasteiger partial charge is 0.354 e. The molecule has 3 N–H and O–H groups in total. The molecule has 34 heavy (non-hydrogen) atoms. The predicted molar refractivity (Wildman–Crippen MR) is 137 cm³/mol. The molecule has 1 saturated carbocycles. The lowest BCUT2D eigenvalue weighted by atomic mass is 9.95. The first-order chi connectivity index (χ1) is 16.3. The van der Waals surface area contributed by atoms with Crippen LogP contribution in [0.15, 0.2) is 55.1 Å². The number of nitrogens with two attached hydrogens (primary N) is 1. The zero-order valence-electron chi connectivity index (χ0n) is 20.4. The van der Waals surface area contributed by atoms with Crippen molar-refractivity contribution in [1.82, 2.24) is 5.32 Å². The van der Waals surface area contributed by atoms with Crippen LogP contribution < -0.4 is 11.1 Å². The Balaban J connectivity index is 0.00000121. The molecule has 0 heterocycles. The Kier molecular flexibility index (Phi) is 14.9. The van der Waals surface area contributed by atoms with Gasteiger partial charge in [-0.1, -0.05) is 49.7 Å². The lowest BCUT2D eigenvalue weighted by Gasteiger charge is -2.19. The van der Waals surface area contributed by atoms with Crippen molar-refractivity contribution in [2.45, 2.75) is 58.4 Å². The van der Waals surface area contributed by atoms with E-state index in [2.05, 4.69) is 18.0 Å². The van der Waals surface area contributed by atoms with Gasteiger partial charge in [-0.25, -0.2) is 4.39 Å². The van der Waals surface area contributed by atoms with Gasteiger partial charge in [-0.15, -0.1) is 6.58 Å². The van der Waals surface area contributed by atoms with Crippen LogP contribution in [-0.4, -0.2) is 18.5 Å². The summed E-state index contributed by atoms with van der Waals surface area (Å²) in [7, 11) is 0. The Morgan fingerprint density at radius 3 is 2.24 bits per heavy atom. The maximum Gasteiger partial charge on any atom is 0.237 e. The number of carbonyl (C=O) groups excluding carboxylic acids is 1. The molecule has 5 nitrogen and oxygen atoms in total. The first-order valence-electron chi connectivity index (χ1n) is 11.1. The highest BCUT2D eigenvalue weighted by molar-refractivity contribution is 6.30. The number of benzene rings is 2. The van der Waals surface area contributed by atoms with Gasteiger partial charge < -0.3 is 11.1 Å².